The molecule has 7 nitrogen and oxygen atoms in total. The molecule has 2 amide bonds. The molecule has 2 aliphatic carbocycles. The Balaban J connectivity index is 1.49. The molecule has 1 heterocycles. The van der Waals surface area contributed by atoms with Crippen LogP contribution in [0.25, 0.3) is 0 Å². The van der Waals surface area contributed by atoms with Crippen LogP contribution in [0.1, 0.15) is 71.6 Å². The van der Waals surface area contributed by atoms with Gasteiger partial charge in [0.25, 0.3) is 11.8 Å². The molecule has 2 fully saturated rings. The highest BCUT2D eigenvalue weighted by Gasteiger charge is 2.28. The van der Waals surface area contributed by atoms with Gasteiger partial charge in [-0.2, -0.15) is 0 Å². The van der Waals surface area contributed by atoms with E-state index >= 15 is 0 Å². The Hall–Kier alpha value is -2.83. The number of rotatable bonds is 8. The SMILES string of the molecule is COc1cccc(C(=O)N(Cc2cc(C(=O)NCC3CC3)no2)C2CCCCC2)c1. The zero-order valence-corrected chi connectivity index (χ0v) is 17.4. The molecule has 4 rings (SSSR count). The lowest BCUT2D eigenvalue weighted by Crippen LogP contribution is -2.40. The van der Waals surface area contributed by atoms with Gasteiger partial charge in [0.1, 0.15) is 5.75 Å². The van der Waals surface area contributed by atoms with Gasteiger partial charge in [0.15, 0.2) is 11.5 Å². The minimum absolute atomic E-state index is 0.0584. The Morgan fingerprint density at radius 3 is 2.70 bits per heavy atom. The molecule has 0 aliphatic heterocycles. The predicted octanol–water partition coefficient (Wildman–Crippen LogP) is 3.80. The molecule has 1 aromatic heterocycles. The zero-order chi connectivity index (χ0) is 20.9. The van der Waals surface area contributed by atoms with Crippen LogP contribution in [-0.4, -0.2) is 41.6 Å². The smallest absolute Gasteiger partial charge is 0.273 e. The largest absolute Gasteiger partial charge is 0.497 e. The number of hydrogen-bond acceptors (Lipinski definition) is 5. The van der Waals surface area contributed by atoms with Crippen molar-refractivity contribution in [3.63, 3.8) is 0 Å². The summed E-state index contributed by atoms with van der Waals surface area (Å²) < 4.78 is 10.7. The van der Waals surface area contributed by atoms with Crippen molar-refractivity contribution >= 4 is 11.8 Å². The number of nitrogens with one attached hydrogen (secondary N) is 1. The molecule has 1 aromatic carbocycles. The number of nitrogens with zero attached hydrogens (tertiary/aromatic N) is 2. The van der Waals surface area contributed by atoms with Gasteiger partial charge >= 0.3 is 0 Å². The normalized spacial score (nSPS) is 16.8. The van der Waals surface area contributed by atoms with E-state index in [9.17, 15) is 9.59 Å². The fourth-order valence-electron chi connectivity index (χ4n) is 3.99. The highest BCUT2D eigenvalue weighted by molar-refractivity contribution is 5.95. The van der Waals surface area contributed by atoms with Crippen molar-refractivity contribution in [2.45, 2.75) is 57.5 Å². The van der Waals surface area contributed by atoms with E-state index in [1.165, 1.54) is 19.3 Å². The van der Waals surface area contributed by atoms with Crippen LogP contribution in [0.2, 0.25) is 0 Å². The van der Waals surface area contributed by atoms with Crippen LogP contribution in [-0.2, 0) is 6.54 Å². The second kappa shape index (κ2) is 9.32. The van der Waals surface area contributed by atoms with Crippen LogP contribution in [0.15, 0.2) is 34.9 Å². The summed E-state index contributed by atoms with van der Waals surface area (Å²) in [5.74, 6) is 1.49. The van der Waals surface area contributed by atoms with Crippen molar-refractivity contribution in [3.8, 4) is 5.75 Å². The number of ether oxygens (including phenoxy) is 1. The number of aromatic nitrogens is 1. The lowest BCUT2D eigenvalue weighted by Gasteiger charge is -2.33. The van der Waals surface area contributed by atoms with Crippen LogP contribution in [0.5, 0.6) is 5.75 Å². The number of hydrogen-bond donors (Lipinski definition) is 1. The van der Waals surface area contributed by atoms with Crippen molar-refractivity contribution in [1.29, 1.82) is 0 Å². The number of amides is 2. The molecule has 30 heavy (non-hydrogen) atoms. The molecule has 2 aliphatic rings. The lowest BCUT2D eigenvalue weighted by atomic mass is 9.93. The van der Waals surface area contributed by atoms with E-state index < -0.39 is 0 Å². The fraction of sp³-hybridized carbons (Fsp3) is 0.522. The summed E-state index contributed by atoms with van der Waals surface area (Å²) in [5, 5.41) is 6.82. The van der Waals surface area contributed by atoms with Crippen molar-refractivity contribution in [3.05, 3.63) is 47.3 Å². The Morgan fingerprint density at radius 2 is 1.97 bits per heavy atom. The molecule has 7 heteroatoms. The van der Waals surface area contributed by atoms with E-state index in [2.05, 4.69) is 10.5 Å². The summed E-state index contributed by atoms with van der Waals surface area (Å²) in [7, 11) is 1.59. The van der Waals surface area contributed by atoms with Crippen LogP contribution in [0.3, 0.4) is 0 Å². The average molecular weight is 412 g/mol. The Kier molecular flexibility index (Phi) is 6.35. The summed E-state index contributed by atoms with van der Waals surface area (Å²) in [5.41, 5.74) is 0.852. The van der Waals surface area contributed by atoms with Gasteiger partial charge in [-0.15, -0.1) is 0 Å². The summed E-state index contributed by atoms with van der Waals surface area (Å²) in [6.07, 6.45) is 7.71. The van der Waals surface area contributed by atoms with Gasteiger partial charge < -0.3 is 19.5 Å². The van der Waals surface area contributed by atoms with Crippen molar-refractivity contribution < 1.29 is 18.8 Å². The molecule has 0 atom stereocenters. The number of benzene rings is 1. The first-order valence-electron chi connectivity index (χ1n) is 10.8. The predicted molar refractivity (Wildman–Crippen MR) is 111 cm³/mol. The first-order chi connectivity index (χ1) is 14.6. The third-order valence-corrected chi connectivity index (χ3v) is 5.96. The molecule has 2 aromatic rings. The van der Waals surface area contributed by atoms with Gasteiger partial charge in [-0.05, 0) is 49.8 Å². The molecule has 0 bridgehead atoms. The summed E-state index contributed by atoms with van der Waals surface area (Å²) in [4.78, 5) is 27.5. The van der Waals surface area contributed by atoms with Gasteiger partial charge in [-0.3, -0.25) is 9.59 Å². The third kappa shape index (κ3) is 5.01. The number of methoxy groups -OCH3 is 1. The summed E-state index contributed by atoms with van der Waals surface area (Å²) in [6, 6.07) is 9.01. The topological polar surface area (TPSA) is 84.7 Å². The van der Waals surface area contributed by atoms with Crippen LogP contribution >= 0.6 is 0 Å². The first-order valence-corrected chi connectivity index (χ1v) is 10.8. The van der Waals surface area contributed by atoms with Crippen LogP contribution in [0, 0.1) is 5.92 Å². The minimum Gasteiger partial charge on any atom is -0.497 e. The molecule has 0 saturated heterocycles. The number of carbonyl (C=O) groups is 2. The maximum Gasteiger partial charge on any atom is 0.273 e. The third-order valence-electron chi connectivity index (χ3n) is 5.96. The molecule has 0 radical (unpaired) electrons. The Labute approximate surface area is 176 Å². The maximum atomic E-state index is 13.4. The fourth-order valence-corrected chi connectivity index (χ4v) is 3.99. The maximum absolute atomic E-state index is 13.4. The van der Waals surface area contributed by atoms with E-state index in [-0.39, 0.29) is 23.6 Å². The Bertz CT molecular complexity index is 884. The monoisotopic (exact) mass is 411 g/mol. The van der Waals surface area contributed by atoms with Crippen molar-refractivity contribution in [1.82, 2.24) is 15.4 Å². The van der Waals surface area contributed by atoms with Gasteiger partial charge in [0.05, 0.1) is 13.7 Å². The van der Waals surface area contributed by atoms with E-state index in [4.69, 9.17) is 9.26 Å². The highest BCUT2D eigenvalue weighted by Crippen LogP contribution is 2.28. The summed E-state index contributed by atoms with van der Waals surface area (Å²) >= 11 is 0. The lowest BCUT2D eigenvalue weighted by molar-refractivity contribution is 0.0590. The van der Waals surface area contributed by atoms with Crippen molar-refractivity contribution in [2.24, 2.45) is 5.92 Å². The Morgan fingerprint density at radius 1 is 1.17 bits per heavy atom. The van der Waals surface area contributed by atoms with E-state index in [1.54, 1.807) is 25.3 Å². The molecule has 0 unspecified atom stereocenters. The molecular weight excluding hydrogens is 382 g/mol. The number of carbonyl (C=O) groups excluding carboxylic acids is 2. The van der Waals surface area contributed by atoms with E-state index in [1.807, 2.05) is 17.0 Å². The van der Waals surface area contributed by atoms with Gasteiger partial charge in [-0.25, -0.2) is 0 Å². The van der Waals surface area contributed by atoms with E-state index in [0.717, 1.165) is 25.7 Å². The second-order valence-corrected chi connectivity index (χ2v) is 8.29. The van der Waals surface area contributed by atoms with Gasteiger partial charge in [0, 0.05) is 24.2 Å². The summed E-state index contributed by atoms with van der Waals surface area (Å²) in [6.45, 7) is 0.979. The standard InChI is InChI=1S/C23H29N3O4/c1-29-19-9-5-6-17(12-19)23(28)26(18-7-3-2-4-8-18)15-20-13-21(25-30-20)22(27)24-14-16-10-11-16/h5-6,9,12-13,16,18H,2-4,7-8,10-11,14-15H2,1H3,(H,24,27). The molecule has 1 N–H and O–H groups in total. The molecular formula is C23H29N3O4. The minimum atomic E-state index is -0.222. The average Bonchev–Trinajstić information content (AvgIpc) is 3.51. The van der Waals surface area contributed by atoms with Crippen molar-refractivity contribution in [2.75, 3.05) is 13.7 Å². The first kappa shape index (κ1) is 20.4. The molecule has 2 saturated carbocycles. The van der Waals surface area contributed by atoms with Gasteiger partial charge in [0.2, 0.25) is 0 Å². The second-order valence-electron chi connectivity index (χ2n) is 8.29. The molecule has 160 valence electrons. The quantitative estimate of drug-likeness (QED) is 0.714. The van der Waals surface area contributed by atoms with Gasteiger partial charge in [-0.1, -0.05) is 30.5 Å². The molecule has 0 spiro atoms. The van der Waals surface area contributed by atoms with Crippen LogP contribution < -0.4 is 10.1 Å². The van der Waals surface area contributed by atoms with Crippen LogP contribution in [0.4, 0.5) is 0 Å². The zero-order valence-electron chi connectivity index (χ0n) is 17.4. The van der Waals surface area contributed by atoms with E-state index in [0.29, 0.717) is 36.1 Å². The highest BCUT2D eigenvalue weighted by atomic mass is 16.5.